The molecule has 0 aliphatic carbocycles. The number of nitrogen functional groups attached to an aromatic ring is 1. The second-order valence-corrected chi connectivity index (χ2v) is 8.46. The van der Waals surface area contributed by atoms with Gasteiger partial charge in [0.2, 0.25) is 0 Å². The van der Waals surface area contributed by atoms with Gasteiger partial charge in [0, 0.05) is 30.6 Å². The zero-order valence-corrected chi connectivity index (χ0v) is 18.6. The summed E-state index contributed by atoms with van der Waals surface area (Å²) in [4.78, 5) is 24.6. The number of carbonyl (C=O) groups is 2. The van der Waals surface area contributed by atoms with E-state index in [2.05, 4.69) is 15.7 Å². The Morgan fingerprint density at radius 1 is 1.21 bits per heavy atom. The van der Waals surface area contributed by atoms with E-state index in [0.29, 0.717) is 17.7 Å². The van der Waals surface area contributed by atoms with E-state index in [4.69, 9.17) is 11.5 Å². The number of rotatable bonds is 6. The van der Waals surface area contributed by atoms with Gasteiger partial charge in [-0.05, 0) is 24.1 Å². The van der Waals surface area contributed by atoms with Gasteiger partial charge in [-0.1, -0.05) is 42.5 Å². The van der Waals surface area contributed by atoms with Crippen LogP contribution in [0.15, 0.2) is 48.5 Å². The minimum absolute atomic E-state index is 0.00510. The zero-order chi connectivity index (χ0) is 24.5. The van der Waals surface area contributed by atoms with Gasteiger partial charge in [-0.15, -0.1) is 0 Å². The summed E-state index contributed by atoms with van der Waals surface area (Å²) in [5.74, 6) is -3.91. The van der Waals surface area contributed by atoms with E-state index in [1.54, 1.807) is 30.3 Å². The van der Waals surface area contributed by atoms with Crippen molar-refractivity contribution in [2.45, 2.75) is 31.9 Å². The van der Waals surface area contributed by atoms with E-state index in [9.17, 15) is 18.4 Å². The highest BCUT2D eigenvalue weighted by Crippen LogP contribution is 2.34. The number of nitrogens with one attached hydrogen (secondary N) is 2. The number of anilines is 1. The smallest absolute Gasteiger partial charge is 0.262 e. The molecule has 2 aromatic carbocycles. The van der Waals surface area contributed by atoms with Crippen molar-refractivity contribution in [3.63, 3.8) is 0 Å². The highest BCUT2D eigenvalue weighted by Gasteiger charge is 2.39. The topological polar surface area (TPSA) is 128 Å². The summed E-state index contributed by atoms with van der Waals surface area (Å²) >= 11 is 0. The van der Waals surface area contributed by atoms with Crippen molar-refractivity contribution >= 4 is 17.6 Å². The third-order valence-electron chi connectivity index (χ3n) is 5.91. The molecule has 1 aromatic heterocycles. The first-order valence-electron chi connectivity index (χ1n) is 10.9. The van der Waals surface area contributed by atoms with Crippen LogP contribution in [0.3, 0.4) is 0 Å². The first-order chi connectivity index (χ1) is 16.2. The average Bonchev–Trinajstić information content (AvgIpc) is 3.15. The van der Waals surface area contributed by atoms with Crippen LogP contribution < -0.4 is 22.1 Å². The Morgan fingerprint density at radius 2 is 1.91 bits per heavy atom. The molecule has 0 spiro atoms. The average molecular weight is 469 g/mol. The molecule has 2 heterocycles. The van der Waals surface area contributed by atoms with Crippen LogP contribution in [0.4, 0.5) is 14.6 Å². The number of alkyl halides is 2. The van der Waals surface area contributed by atoms with Crippen LogP contribution in [0.5, 0.6) is 0 Å². The van der Waals surface area contributed by atoms with Crippen molar-refractivity contribution in [3.8, 4) is 11.3 Å². The maximum atomic E-state index is 13.9. The number of benzene rings is 2. The summed E-state index contributed by atoms with van der Waals surface area (Å²) in [6.45, 7) is 2.01. The summed E-state index contributed by atoms with van der Waals surface area (Å²) in [5, 5.41) is 9.95. The van der Waals surface area contributed by atoms with E-state index in [0.717, 1.165) is 11.1 Å². The van der Waals surface area contributed by atoms with Gasteiger partial charge < -0.3 is 22.1 Å². The van der Waals surface area contributed by atoms with E-state index in [-0.39, 0.29) is 29.5 Å². The molecule has 1 aliphatic rings. The Kier molecular flexibility index (Phi) is 6.34. The molecule has 0 bridgehead atoms. The molecule has 1 fully saturated rings. The molecule has 1 saturated heterocycles. The lowest BCUT2D eigenvalue weighted by atomic mass is 10.0. The number of nitrogens with zero attached hydrogens (tertiary/aromatic N) is 2. The Bertz CT molecular complexity index is 1220. The van der Waals surface area contributed by atoms with E-state index in [1.165, 1.54) is 4.68 Å². The van der Waals surface area contributed by atoms with Crippen molar-refractivity contribution in [2.75, 3.05) is 18.8 Å². The first kappa shape index (κ1) is 23.4. The van der Waals surface area contributed by atoms with E-state index >= 15 is 0 Å². The molecule has 0 saturated carbocycles. The number of halogens is 2. The predicted molar refractivity (Wildman–Crippen MR) is 124 cm³/mol. The summed E-state index contributed by atoms with van der Waals surface area (Å²) in [6, 6.07) is 13.6. The number of hydrogen-bond donors (Lipinski definition) is 4. The second-order valence-electron chi connectivity index (χ2n) is 8.46. The van der Waals surface area contributed by atoms with Gasteiger partial charge in [-0.3, -0.25) is 9.59 Å². The quantitative estimate of drug-likeness (QED) is 0.442. The number of aromatic nitrogens is 2. The molecular weight excluding hydrogens is 442 g/mol. The molecule has 3 aromatic rings. The molecule has 8 nitrogen and oxygen atoms in total. The van der Waals surface area contributed by atoms with Gasteiger partial charge in [-0.25, -0.2) is 13.5 Å². The molecule has 2 amide bonds. The zero-order valence-electron chi connectivity index (χ0n) is 18.6. The normalized spacial score (nSPS) is 17.3. The molecule has 0 radical (unpaired) electrons. The van der Waals surface area contributed by atoms with E-state index < -0.39 is 30.8 Å². The SMILES string of the molecule is Cc1ccccc1C(=O)NCc1ccc(-c2nn(C3CNCC(F)(F)C3)c(N)c2C(N)=O)cc1. The van der Waals surface area contributed by atoms with Gasteiger partial charge in [0.25, 0.3) is 17.7 Å². The number of piperidine rings is 1. The van der Waals surface area contributed by atoms with Crippen LogP contribution in [0.1, 0.15) is 44.3 Å². The van der Waals surface area contributed by atoms with Crippen molar-refractivity contribution in [2.24, 2.45) is 5.73 Å². The van der Waals surface area contributed by atoms with Crippen LogP contribution >= 0.6 is 0 Å². The number of nitrogens with two attached hydrogens (primary N) is 2. The Balaban J connectivity index is 1.54. The fraction of sp³-hybridized carbons (Fsp3) is 0.292. The molecule has 178 valence electrons. The third-order valence-corrected chi connectivity index (χ3v) is 5.91. The predicted octanol–water partition coefficient (Wildman–Crippen LogP) is 2.64. The standard InChI is InChI=1S/C24H26F2N6O2/c1-14-4-2-3-5-18(14)23(34)30-11-15-6-8-16(9-7-15)20-19(22(28)33)21(27)32(31-20)17-10-24(25,26)13-29-12-17/h2-9,17,29H,10-13,27H2,1H3,(H2,28,33)(H,30,34). The minimum Gasteiger partial charge on any atom is -0.383 e. The van der Waals surface area contributed by atoms with Crippen molar-refractivity contribution < 1.29 is 18.4 Å². The molecule has 1 aliphatic heterocycles. The Labute approximate surface area is 195 Å². The molecule has 4 rings (SSSR count). The maximum Gasteiger partial charge on any atom is 0.262 e. The summed E-state index contributed by atoms with van der Waals surface area (Å²) in [5.41, 5.74) is 14.8. The van der Waals surface area contributed by atoms with Crippen LogP contribution in [0.25, 0.3) is 11.3 Å². The van der Waals surface area contributed by atoms with Gasteiger partial charge >= 0.3 is 0 Å². The third kappa shape index (κ3) is 4.76. The van der Waals surface area contributed by atoms with Crippen LogP contribution in [0.2, 0.25) is 0 Å². The van der Waals surface area contributed by atoms with Crippen LogP contribution in [-0.2, 0) is 6.54 Å². The number of primary amides is 1. The minimum atomic E-state index is -2.90. The number of carbonyl (C=O) groups excluding carboxylic acids is 2. The molecule has 1 atom stereocenters. The van der Waals surface area contributed by atoms with Crippen LogP contribution in [-0.4, -0.2) is 40.6 Å². The maximum absolute atomic E-state index is 13.9. The summed E-state index contributed by atoms with van der Waals surface area (Å²) < 4.78 is 29.1. The molecule has 6 N–H and O–H groups in total. The lowest BCUT2D eigenvalue weighted by Crippen LogP contribution is -2.45. The molecule has 10 heteroatoms. The lowest BCUT2D eigenvalue weighted by Gasteiger charge is -2.30. The van der Waals surface area contributed by atoms with Crippen molar-refractivity contribution in [1.29, 1.82) is 0 Å². The molecule has 1 unspecified atom stereocenters. The highest BCUT2D eigenvalue weighted by atomic mass is 19.3. The Hall–Kier alpha value is -3.79. The fourth-order valence-electron chi connectivity index (χ4n) is 4.14. The number of aryl methyl sites for hydroxylation is 1. The summed E-state index contributed by atoms with van der Waals surface area (Å²) in [6.07, 6.45) is -0.441. The number of hydrogen-bond acceptors (Lipinski definition) is 5. The Morgan fingerprint density at radius 3 is 2.56 bits per heavy atom. The van der Waals surface area contributed by atoms with Gasteiger partial charge in [0.15, 0.2) is 0 Å². The lowest BCUT2D eigenvalue weighted by molar-refractivity contribution is -0.0377. The first-order valence-corrected chi connectivity index (χ1v) is 10.9. The number of amides is 2. The van der Waals surface area contributed by atoms with E-state index in [1.807, 2.05) is 25.1 Å². The van der Waals surface area contributed by atoms with Crippen molar-refractivity contribution in [3.05, 3.63) is 70.8 Å². The highest BCUT2D eigenvalue weighted by molar-refractivity contribution is 6.03. The largest absolute Gasteiger partial charge is 0.383 e. The summed E-state index contributed by atoms with van der Waals surface area (Å²) in [7, 11) is 0. The van der Waals surface area contributed by atoms with Gasteiger partial charge in [-0.2, -0.15) is 5.10 Å². The monoisotopic (exact) mass is 468 g/mol. The van der Waals surface area contributed by atoms with Gasteiger partial charge in [0.1, 0.15) is 17.1 Å². The fourth-order valence-corrected chi connectivity index (χ4v) is 4.14. The van der Waals surface area contributed by atoms with Crippen LogP contribution in [0, 0.1) is 6.92 Å². The molecule has 34 heavy (non-hydrogen) atoms. The second kappa shape index (κ2) is 9.22. The molecular formula is C24H26F2N6O2. The van der Waals surface area contributed by atoms with Gasteiger partial charge in [0.05, 0.1) is 12.6 Å². The van der Waals surface area contributed by atoms with Crippen molar-refractivity contribution in [1.82, 2.24) is 20.4 Å².